The van der Waals surface area contributed by atoms with Crippen molar-refractivity contribution in [2.75, 3.05) is 0 Å². The molecule has 3 nitrogen and oxygen atoms in total. The van der Waals surface area contributed by atoms with Crippen LogP contribution in [0.2, 0.25) is 0 Å². The summed E-state index contributed by atoms with van der Waals surface area (Å²) in [6.07, 6.45) is 15.9. The van der Waals surface area contributed by atoms with Crippen LogP contribution >= 0.6 is 0 Å². The van der Waals surface area contributed by atoms with Gasteiger partial charge in [0.1, 0.15) is 0 Å². The number of aromatic nitrogens is 2. The summed E-state index contributed by atoms with van der Waals surface area (Å²) in [7, 11) is 0. The van der Waals surface area contributed by atoms with E-state index in [1.165, 1.54) is 44.9 Å². The van der Waals surface area contributed by atoms with Gasteiger partial charge in [-0.1, -0.05) is 26.7 Å². The molecule has 0 aromatic carbocycles. The molecule has 1 heterocycles. The largest absolute Gasteiger partial charge is 0.294 e. The summed E-state index contributed by atoms with van der Waals surface area (Å²) in [5, 5.41) is 4.39. The number of fused-ring (bicyclic) bond motifs is 5. The molecule has 0 radical (unpaired) electrons. The number of carbonyl (C=O) groups is 1. The summed E-state index contributed by atoms with van der Waals surface area (Å²) in [6.45, 7) is 7.87. The van der Waals surface area contributed by atoms with Crippen LogP contribution in [0, 0.1) is 34.5 Å². The first-order valence-corrected chi connectivity index (χ1v) is 11.7. The first-order valence-electron chi connectivity index (χ1n) is 11.7. The second-order valence-corrected chi connectivity index (χ2v) is 10.6. The number of nitrogens with zero attached hydrogens (tertiary/aromatic N) is 2. The SMILES string of the molecule is CCn1nccc1/C=C1\CC2C3CCC4CCCCC4(C)C3CCC2(C)C1=O. The van der Waals surface area contributed by atoms with Crippen molar-refractivity contribution in [2.45, 2.75) is 85.1 Å². The van der Waals surface area contributed by atoms with Gasteiger partial charge < -0.3 is 0 Å². The number of rotatable bonds is 2. The Morgan fingerprint density at radius 1 is 1.14 bits per heavy atom. The van der Waals surface area contributed by atoms with Crippen LogP contribution in [-0.2, 0) is 11.3 Å². The Balaban J connectivity index is 1.47. The van der Waals surface area contributed by atoms with E-state index in [4.69, 9.17) is 0 Å². The van der Waals surface area contributed by atoms with Gasteiger partial charge in [0.15, 0.2) is 5.78 Å². The molecular formula is C25H36N2O. The lowest BCUT2D eigenvalue weighted by atomic mass is 9.45. The third-order valence-electron chi connectivity index (χ3n) is 9.59. The third-order valence-corrected chi connectivity index (χ3v) is 9.59. The highest BCUT2D eigenvalue weighted by atomic mass is 16.1. The number of hydrogen-bond acceptors (Lipinski definition) is 2. The Bertz CT molecular complexity index is 807. The maximum absolute atomic E-state index is 13.5. The Kier molecular flexibility index (Phi) is 4.37. The molecule has 4 aliphatic carbocycles. The van der Waals surface area contributed by atoms with Crippen molar-refractivity contribution in [3.8, 4) is 0 Å². The van der Waals surface area contributed by atoms with Gasteiger partial charge in [0.25, 0.3) is 0 Å². The molecule has 0 amide bonds. The Morgan fingerprint density at radius 3 is 2.82 bits per heavy atom. The summed E-state index contributed by atoms with van der Waals surface area (Å²) >= 11 is 0. The van der Waals surface area contributed by atoms with Gasteiger partial charge in [-0.3, -0.25) is 9.48 Å². The van der Waals surface area contributed by atoms with E-state index in [1.54, 1.807) is 0 Å². The molecule has 4 saturated carbocycles. The Labute approximate surface area is 170 Å². The van der Waals surface area contributed by atoms with Crippen molar-refractivity contribution < 1.29 is 4.79 Å². The normalized spacial score (nSPS) is 44.2. The van der Waals surface area contributed by atoms with E-state index in [0.717, 1.165) is 48.4 Å². The Hall–Kier alpha value is -1.38. The molecule has 152 valence electrons. The van der Waals surface area contributed by atoms with Gasteiger partial charge in [-0.25, -0.2) is 0 Å². The lowest BCUT2D eigenvalue weighted by Crippen LogP contribution is -2.52. The fraction of sp³-hybridized carbons (Fsp3) is 0.760. The molecular weight excluding hydrogens is 344 g/mol. The highest BCUT2D eigenvalue weighted by Crippen LogP contribution is 2.66. The summed E-state index contributed by atoms with van der Waals surface area (Å²) < 4.78 is 2.00. The van der Waals surface area contributed by atoms with Crippen LogP contribution in [0.1, 0.15) is 84.3 Å². The van der Waals surface area contributed by atoms with Crippen molar-refractivity contribution in [3.63, 3.8) is 0 Å². The number of hydrogen-bond donors (Lipinski definition) is 0. The molecule has 6 atom stereocenters. The molecule has 4 fully saturated rings. The van der Waals surface area contributed by atoms with Crippen LogP contribution in [0.15, 0.2) is 17.8 Å². The number of allylic oxidation sites excluding steroid dienone is 1. The maximum Gasteiger partial charge on any atom is 0.165 e. The predicted octanol–water partition coefficient (Wildman–Crippen LogP) is 5.90. The van der Waals surface area contributed by atoms with E-state index in [9.17, 15) is 4.79 Å². The average molecular weight is 381 g/mol. The topological polar surface area (TPSA) is 34.9 Å². The highest BCUT2D eigenvalue weighted by molar-refractivity contribution is 6.05. The molecule has 5 rings (SSSR count). The van der Waals surface area contributed by atoms with Crippen molar-refractivity contribution in [3.05, 3.63) is 23.5 Å². The zero-order valence-electron chi connectivity index (χ0n) is 17.9. The van der Waals surface area contributed by atoms with E-state index >= 15 is 0 Å². The number of ketones is 1. The standard InChI is InChI=1S/C25H36N2O/c1-4-27-19(11-14-26-27)15-17-16-22-20-9-8-18-7-5-6-12-24(18,2)21(20)10-13-25(22,3)23(17)28/h11,14-15,18,20-22H,4-10,12-13,16H2,1-3H3/b17-15+. The van der Waals surface area contributed by atoms with Crippen LogP contribution in [0.3, 0.4) is 0 Å². The van der Waals surface area contributed by atoms with Gasteiger partial charge in [0.05, 0.1) is 5.69 Å². The third kappa shape index (κ3) is 2.53. The molecule has 6 unspecified atom stereocenters. The first-order chi connectivity index (χ1) is 13.5. The van der Waals surface area contributed by atoms with Gasteiger partial charge >= 0.3 is 0 Å². The molecule has 0 saturated heterocycles. The second kappa shape index (κ2) is 6.57. The van der Waals surface area contributed by atoms with Crippen LogP contribution in [0.4, 0.5) is 0 Å². The number of carbonyl (C=O) groups excluding carboxylic acids is 1. The summed E-state index contributed by atoms with van der Waals surface area (Å²) in [6, 6.07) is 2.05. The van der Waals surface area contributed by atoms with E-state index in [-0.39, 0.29) is 5.41 Å². The van der Waals surface area contributed by atoms with Crippen LogP contribution in [-0.4, -0.2) is 15.6 Å². The summed E-state index contributed by atoms with van der Waals surface area (Å²) in [5.41, 5.74) is 2.58. The number of Topliss-reactive ketones (excluding diaryl/α,β-unsaturated/α-hetero) is 1. The van der Waals surface area contributed by atoms with Crippen LogP contribution in [0.25, 0.3) is 6.08 Å². The highest BCUT2D eigenvalue weighted by Gasteiger charge is 2.60. The van der Waals surface area contributed by atoms with Gasteiger partial charge in [-0.05, 0) is 98.7 Å². The maximum atomic E-state index is 13.5. The fourth-order valence-corrected chi connectivity index (χ4v) is 8.00. The predicted molar refractivity (Wildman–Crippen MR) is 113 cm³/mol. The zero-order chi connectivity index (χ0) is 19.5. The minimum absolute atomic E-state index is 0.123. The molecule has 1 aromatic heterocycles. The minimum Gasteiger partial charge on any atom is -0.294 e. The number of aryl methyl sites for hydroxylation is 1. The fourth-order valence-electron chi connectivity index (χ4n) is 8.00. The monoisotopic (exact) mass is 380 g/mol. The lowest BCUT2D eigenvalue weighted by molar-refractivity contribution is -0.137. The van der Waals surface area contributed by atoms with Crippen molar-refractivity contribution in [1.29, 1.82) is 0 Å². The molecule has 4 aliphatic rings. The van der Waals surface area contributed by atoms with E-state index in [2.05, 4.69) is 31.9 Å². The van der Waals surface area contributed by atoms with Crippen LogP contribution < -0.4 is 0 Å². The van der Waals surface area contributed by atoms with Gasteiger partial charge in [-0.15, -0.1) is 0 Å². The van der Waals surface area contributed by atoms with Gasteiger partial charge in [0, 0.05) is 18.2 Å². The van der Waals surface area contributed by atoms with Crippen LogP contribution in [0.5, 0.6) is 0 Å². The molecule has 3 heteroatoms. The molecule has 0 spiro atoms. The second-order valence-electron chi connectivity index (χ2n) is 10.6. The van der Waals surface area contributed by atoms with Crippen molar-refractivity contribution in [2.24, 2.45) is 34.5 Å². The quantitative estimate of drug-likeness (QED) is 0.599. The summed E-state index contributed by atoms with van der Waals surface area (Å²) in [4.78, 5) is 13.5. The van der Waals surface area contributed by atoms with E-state index in [1.807, 2.05) is 16.9 Å². The van der Waals surface area contributed by atoms with E-state index in [0.29, 0.717) is 17.1 Å². The molecule has 1 aromatic rings. The van der Waals surface area contributed by atoms with Gasteiger partial charge in [-0.2, -0.15) is 5.10 Å². The molecule has 0 bridgehead atoms. The minimum atomic E-state index is -0.123. The smallest absolute Gasteiger partial charge is 0.165 e. The average Bonchev–Trinajstić information content (AvgIpc) is 3.24. The molecule has 28 heavy (non-hydrogen) atoms. The van der Waals surface area contributed by atoms with Crippen molar-refractivity contribution in [1.82, 2.24) is 9.78 Å². The molecule has 0 N–H and O–H groups in total. The first kappa shape index (κ1) is 18.6. The van der Waals surface area contributed by atoms with Crippen molar-refractivity contribution >= 4 is 11.9 Å². The van der Waals surface area contributed by atoms with E-state index < -0.39 is 0 Å². The zero-order valence-corrected chi connectivity index (χ0v) is 17.9. The molecule has 0 aliphatic heterocycles. The Morgan fingerprint density at radius 2 is 2.00 bits per heavy atom. The van der Waals surface area contributed by atoms with Gasteiger partial charge in [0.2, 0.25) is 0 Å². The lowest BCUT2D eigenvalue weighted by Gasteiger charge is -2.59. The summed E-state index contributed by atoms with van der Waals surface area (Å²) in [5.74, 6) is 3.54.